The Hall–Kier alpha value is -0.415. The average molecular weight is 144 g/mol. The van der Waals surface area contributed by atoms with Crippen molar-refractivity contribution in [3.8, 4) is 0 Å². The van der Waals surface area contributed by atoms with E-state index in [4.69, 9.17) is 5.73 Å². The Morgan fingerprint density at radius 3 is 2.80 bits per heavy atom. The lowest BCUT2D eigenvalue weighted by molar-refractivity contribution is 0.0299. The van der Waals surface area contributed by atoms with E-state index < -0.39 is 5.67 Å². The molecule has 0 saturated carbocycles. The molecule has 2 N–H and O–H groups in total. The van der Waals surface area contributed by atoms with Gasteiger partial charge in [-0.25, -0.2) is 4.39 Å². The quantitative estimate of drug-likeness (QED) is 0.387. The molecule has 10 heavy (non-hydrogen) atoms. The number of carbonyl (C=O) groups excluding carboxylic acids is 1. The minimum atomic E-state index is -1.22. The normalized spacial score (nSPS) is 23.4. The molecule has 1 aliphatic heterocycles. The minimum Gasteiger partial charge on any atom is -0.333 e. The van der Waals surface area contributed by atoms with Gasteiger partial charge >= 0.3 is 0 Å². The summed E-state index contributed by atoms with van der Waals surface area (Å²) in [5.74, 6) is 0. The summed E-state index contributed by atoms with van der Waals surface area (Å²) in [5.41, 5.74) is 3.92. The van der Waals surface area contributed by atoms with Crippen molar-refractivity contribution in [3.05, 3.63) is 0 Å². The van der Waals surface area contributed by atoms with Gasteiger partial charge in [0.25, 0.3) is 7.41 Å². The lowest BCUT2D eigenvalue weighted by Gasteiger charge is -2.43. The molecular formula is C5H10BFN2O. The molecular weight excluding hydrogens is 134 g/mol. The highest BCUT2D eigenvalue weighted by atomic mass is 19.1. The van der Waals surface area contributed by atoms with E-state index in [0.717, 1.165) is 6.19 Å². The Kier molecular flexibility index (Phi) is 2.06. The first-order chi connectivity index (χ1) is 4.70. The molecule has 0 atom stereocenters. The van der Waals surface area contributed by atoms with E-state index in [1.54, 1.807) is 4.81 Å². The summed E-state index contributed by atoms with van der Waals surface area (Å²) in [4.78, 5) is 11.6. The van der Waals surface area contributed by atoms with Crippen LogP contribution in [0.1, 0.15) is 0 Å². The zero-order valence-electron chi connectivity index (χ0n) is 5.72. The second-order valence-corrected chi connectivity index (χ2v) is 2.69. The van der Waals surface area contributed by atoms with Crippen molar-refractivity contribution in [1.82, 2.24) is 4.81 Å². The summed E-state index contributed by atoms with van der Waals surface area (Å²) in [6.45, 7) is 0.673. The van der Waals surface area contributed by atoms with Crippen LogP contribution in [0.15, 0.2) is 0 Å². The molecule has 1 aliphatic rings. The number of nitrogens with zero attached hydrogens (tertiary/aromatic N) is 1. The molecule has 0 aromatic carbocycles. The summed E-state index contributed by atoms with van der Waals surface area (Å²) in [6.07, 6.45) is 0.774. The Labute approximate surface area is 59.6 Å². The SMILES string of the molecule is NCC1(F)CN(BC=O)C1. The fraction of sp³-hybridized carbons (Fsp3) is 0.800. The van der Waals surface area contributed by atoms with Crippen molar-refractivity contribution < 1.29 is 9.18 Å². The van der Waals surface area contributed by atoms with Crippen LogP contribution in [0.25, 0.3) is 0 Å². The van der Waals surface area contributed by atoms with Crippen LogP contribution in [-0.4, -0.2) is 43.7 Å². The maximum Gasteiger partial charge on any atom is 0.281 e. The maximum atomic E-state index is 12.9. The molecule has 1 saturated heterocycles. The molecule has 1 rings (SSSR count). The van der Waals surface area contributed by atoms with Crippen molar-refractivity contribution in [2.45, 2.75) is 5.67 Å². The molecule has 0 bridgehead atoms. The number of nitrogens with two attached hydrogens (primary N) is 1. The fourth-order valence-electron chi connectivity index (χ4n) is 1.12. The topological polar surface area (TPSA) is 46.3 Å². The Balaban J connectivity index is 2.22. The van der Waals surface area contributed by atoms with Crippen LogP contribution in [0.4, 0.5) is 4.39 Å². The van der Waals surface area contributed by atoms with Gasteiger partial charge in [-0.3, -0.25) is 0 Å². The maximum absolute atomic E-state index is 12.9. The summed E-state index contributed by atoms with van der Waals surface area (Å²) in [5, 5.41) is 0. The number of carbonyl (C=O) groups is 1. The lowest BCUT2D eigenvalue weighted by Crippen LogP contribution is -2.63. The zero-order chi connectivity index (χ0) is 7.61. The molecule has 3 nitrogen and oxygen atoms in total. The van der Waals surface area contributed by atoms with Gasteiger partial charge < -0.3 is 15.3 Å². The van der Waals surface area contributed by atoms with E-state index in [9.17, 15) is 9.18 Å². The van der Waals surface area contributed by atoms with Crippen molar-refractivity contribution in [3.63, 3.8) is 0 Å². The van der Waals surface area contributed by atoms with E-state index in [1.165, 1.54) is 0 Å². The standard InChI is InChI=1S/C5H10BFN2O/c7-5(1-8)2-9(3-5)6-4-10/h4,6H,1-3,8H2. The first-order valence-corrected chi connectivity index (χ1v) is 3.25. The van der Waals surface area contributed by atoms with Gasteiger partial charge in [0.2, 0.25) is 0 Å². The summed E-state index contributed by atoms with van der Waals surface area (Å²) < 4.78 is 12.9. The first-order valence-electron chi connectivity index (χ1n) is 3.25. The molecule has 1 heterocycles. The minimum absolute atomic E-state index is 0.0579. The van der Waals surface area contributed by atoms with Crippen molar-refractivity contribution in [1.29, 1.82) is 0 Å². The highest BCUT2D eigenvalue weighted by Gasteiger charge is 2.41. The molecule has 0 aromatic rings. The van der Waals surface area contributed by atoms with E-state index in [2.05, 4.69) is 0 Å². The Bertz CT molecular complexity index is 138. The molecule has 0 unspecified atom stereocenters. The van der Waals surface area contributed by atoms with Crippen molar-refractivity contribution in [2.75, 3.05) is 19.6 Å². The van der Waals surface area contributed by atoms with Gasteiger partial charge in [0.1, 0.15) is 5.67 Å². The van der Waals surface area contributed by atoms with Crippen molar-refractivity contribution >= 4 is 13.6 Å². The van der Waals surface area contributed by atoms with Gasteiger partial charge in [-0.15, -0.1) is 0 Å². The smallest absolute Gasteiger partial charge is 0.281 e. The molecule has 0 aliphatic carbocycles. The third-order valence-corrected chi connectivity index (χ3v) is 1.71. The van der Waals surface area contributed by atoms with E-state index in [0.29, 0.717) is 20.5 Å². The van der Waals surface area contributed by atoms with Crippen LogP contribution in [-0.2, 0) is 4.79 Å². The van der Waals surface area contributed by atoms with Crippen molar-refractivity contribution in [2.24, 2.45) is 5.73 Å². The van der Waals surface area contributed by atoms with E-state index >= 15 is 0 Å². The second-order valence-electron chi connectivity index (χ2n) is 2.69. The van der Waals surface area contributed by atoms with Crippen LogP contribution in [0.3, 0.4) is 0 Å². The van der Waals surface area contributed by atoms with Gasteiger partial charge in [0.15, 0.2) is 0 Å². The summed E-state index contributed by atoms with van der Waals surface area (Å²) in [7, 11) is 0.325. The number of hydrogen-bond acceptors (Lipinski definition) is 3. The number of halogens is 1. The highest BCUT2D eigenvalue weighted by Crippen LogP contribution is 2.22. The molecule has 0 spiro atoms. The van der Waals surface area contributed by atoms with E-state index in [-0.39, 0.29) is 6.54 Å². The molecule has 1 fully saturated rings. The third-order valence-electron chi connectivity index (χ3n) is 1.71. The summed E-state index contributed by atoms with van der Waals surface area (Å²) >= 11 is 0. The number of alkyl halides is 1. The Morgan fingerprint density at radius 2 is 2.40 bits per heavy atom. The molecule has 56 valence electrons. The van der Waals surface area contributed by atoms with Crippen LogP contribution in [0.2, 0.25) is 0 Å². The monoisotopic (exact) mass is 144 g/mol. The summed E-state index contributed by atoms with van der Waals surface area (Å²) in [6, 6.07) is 0. The lowest BCUT2D eigenvalue weighted by atomic mass is 9.83. The number of hydrogen-bond donors (Lipinski definition) is 1. The van der Waals surface area contributed by atoms with Crippen LogP contribution in [0, 0.1) is 0 Å². The van der Waals surface area contributed by atoms with E-state index in [1.807, 2.05) is 0 Å². The van der Waals surface area contributed by atoms with Gasteiger partial charge in [0, 0.05) is 19.6 Å². The molecule has 0 aromatic heterocycles. The predicted molar refractivity (Wildman–Crippen MR) is 38.4 cm³/mol. The van der Waals surface area contributed by atoms with Gasteiger partial charge in [-0.05, 0) is 0 Å². The first kappa shape index (κ1) is 7.69. The van der Waals surface area contributed by atoms with Gasteiger partial charge in [-0.2, -0.15) is 0 Å². The zero-order valence-corrected chi connectivity index (χ0v) is 5.72. The largest absolute Gasteiger partial charge is 0.333 e. The van der Waals surface area contributed by atoms with Gasteiger partial charge in [-0.1, -0.05) is 0 Å². The molecule has 0 amide bonds. The Morgan fingerprint density at radius 1 is 1.80 bits per heavy atom. The molecule has 0 radical (unpaired) electrons. The van der Waals surface area contributed by atoms with Crippen LogP contribution in [0.5, 0.6) is 0 Å². The average Bonchev–Trinajstić information content (AvgIpc) is 1.85. The van der Waals surface area contributed by atoms with Crippen LogP contribution >= 0.6 is 0 Å². The second kappa shape index (κ2) is 2.68. The van der Waals surface area contributed by atoms with Crippen LogP contribution < -0.4 is 5.73 Å². The third kappa shape index (κ3) is 1.35. The molecule has 5 heteroatoms. The fourth-order valence-corrected chi connectivity index (χ4v) is 1.12. The van der Waals surface area contributed by atoms with Gasteiger partial charge in [0.05, 0.1) is 6.19 Å². The number of rotatable bonds is 3. The highest BCUT2D eigenvalue weighted by molar-refractivity contribution is 6.64. The predicted octanol–water partition coefficient (Wildman–Crippen LogP) is -1.49.